The maximum absolute atomic E-state index is 10.5. The van der Waals surface area contributed by atoms with Crippen LogP contribution in [0.2, 0.25) is 0 Å². The van der Waals surface area contributed by atoms with E-state index in [-0.39, 0.29) is 15.4 Å². The van der Waals surface area contributed by atoms with Crippen LogP contribution in [0.3, 0.4) is 0 Å². The molecular formula is C33H36Cl2NOSiTi-2. The minimum Gasteiger partial charge on any atom is -0.179 e. The van der Waals surface area contributed by atoms with Gasteiger partial charge in [-0.25, -0.2) is 0 Å². The normalized spacial score (nSPS) is 11.1. The van der Waals surface area contributed by atoms with Gasteiger partial charge in [0.2, 0.25) is 0 Å². The number of rotatable bonds is 7. The number of benzene rings is 4. The minimum atomic E-state index is -0.556. The molecule has 0 spiro atoms. The van der Waals surface area contributed by atoms with E-state index in [1.165, 1.54) is 32.6 Å². The number of fused-ring (bicyclic) bond motifs is 3. The summed E-state index contributed by atoms with van der Waals surface area (Å²) in [5.74, 6) is -0.393. The average Bonchev–Trinajstić information content (AvgIpc) is 3.34. The van der Waals surface area contributed by atoms with Crippen LogP contribution in [0.4, 0.5) is 0 Å². The van der Waals surface area contributed by atoms with Gasteiger partial charge in [-0.05, 0) is 25.2 Å². The van der Waals surface area contributed by atoms with Gasteiger partial charge in [0.25, 0.3) is 0 Å². The molecule has 4 aromatic carbocycles. The number of nitrogens with one attached hydrogen (secondary N) is 1. The smallest absolute Gasteiger partial charge is 0.103 e. The molecule has 0 heterocycles. The summed E-state index contributed by atoms with van der Waals surface area (Å²) in [6.45, 7) is 4.06. The third kappa shape index (κ3) is 12.3. The van der Waals surface area contributed by atoms with Crippen LogP contribution in [0.25, 0.3) is 16.9 Å². The SMILES string of the molecule is CCCCC(CC)C([NH-])=O.[Cl][Ti][Cl].[c-]1cccc2c1Cc1ccccc1-2.c1ccc([SiH]c2ccccc2)cc1. The van der Waals surface area contributed by atoms with E-state index in [1.54, 1.807) is 0 Å². The molecule has 0 saturated heterocycles. The molecule has 0 bridgehead atoms. The van der Waals surface area contributed by atoms with E-state index in [0.29, 0.717) is 0 Å². The van der Waals surface area contributed by atoms with Crippen molar-refractivity contribution in [1.29, 1.82) is 0 Å². The predicted molar refractivity (Wildman–Crippen MR) is 167 cm³/mol. The standard InChI is InChI=1S/C13H9.C12H11Si.C8H17NO.2ClH.Ti/c1-3-7-12-10(5-1)9-11-6-2-4-8-13(11)12;1-3-7-11(8-4-1)13-12-9-5-2-6-10-12;1-3-5-6-7(4-2)8(9)10;;;/h1-5,7-8H,9H2;1-10,13H;7H,3-6H2,1-2H3,(H2,9,10);2*1H;/q-1;;;;;+2/p-3. The van der Waals surface area contributed by atoms with Crippen molar-refractivity contribution in [2.45, 2.75) is 46.0 Å². The molecule has 0 fully saturated rings. The topological polar surface area (TPSA) is 40.9 Å². The van der Waals surface area contributed by atoms with E-state index in [0.717, 1.165) is 32.1 Å². The Morgan fingerprint density at radius 3 is 1.95 bits per heavy atom. The van der Waals surface area contributed by atoms with E-state index in [1.807, 2.05) is 13.0 Å². The first-order valence-electron chi connectivity index (χ1n) is 13.3. The number of carbonyl (C=O) groups is 1. The molecule has 5 rings (SSSR count). The van der Waals surface area contributed by atoms with E-state index in [9.17, 15) is 4.79 Å². The van der Waals surface area contributed by atoms with Gasteiger partial charge in [0.1, 0.15) is 9.52 Å². The van der Waals surface area contributed by atoms with E-state index in [2.05, 4.69) is 110 Å². The van der Waals surface area contributed by atoms with Crippen LogP contribution in [0.1, 0.15) is 50.7 Å². The maximum atomic E-state index is 10.5. The van der Waals surface area contributed by atoms with Crippen LogP contribution in [0, 0.1) is 12.0 Å². The second kappa shape index (κ2) is 19.8. The fraction of sp³-hybridized carbons (Fsp3) is 0.242. The Labute approximate surface area is 253 Å². The second-order valence-corrected chi connectivity index (χ2v) is 13.2. The van der Waals surface area contributed by atoms with Gasteiger partial charge in [-0.2, -0.15) is 29.8 Å². The summed E-state index contributed by atoms with van der Waals surface area (Å²) in [6, 6.07) is 39.4. The molecule has 0 aliphatic heterocycles. The molecule has 1 atom stereocenters. The van der Waals surface area contributed by atoms with Crippen molar-refractivity contribution in [2.75, 3.05) is 0 Å². The zero-order chi connectivity index (χ0) is 28.3. The van der Waals surface area contributed by atoms with E-state index >= 15 is 0 Å². The van der Waals surface area contributed by atoms with Crippen LogP contribution < -0.4 is 10.4 Å². The Hall–Kier alpha value is -2.14. The second-order valence-electron chi connectivity index (χ2n) is 9.05. The summed E-state index contributed by atoms with van der Waals surface area (Å²) >= 11 is -0.556. The molecule has 1 aliphatic rings. The molecular weight excluding hydrogens is 573 g/mol. The van der Waals surface area contributed by atoms with Crippen LogP contribution in [0.5, 0.6) is 0 Å². The van der Waals surface area contributed by atoms with Crippen molar-refractivity contribution in [3.8, 4) is 11.1 Å². The fourth-order valence-corrected chi connectivity index (χ4v) is 5.47. The van der Waals surface area contributed by atoms with Crippen LogP contribution in [-0.2, 0) is 28.2 Å². The van der Waals surface area contributed by atoms with Crippen molar-refractivity contribution < 1.29 is 21.8 Å². The third-order valence-electron chi connectivity index (χ3n) is 6.32. The van der Waals surface area contributed by atoms with Gasteiger partial charge in [0, 0.05) is 0 Å². The summed E-state index contributed by atoms with van der Waals surface area (Å²) in [4.78, 5) is 10.5. The van der Waals surface area contributed by atoms with E-state index in [4.69, 9.17) is 24.3 Å². The summed E-state index contributed by atoms with van der Waals surface area (Å²) in [5.41, 5.74) is 12.4. The molecule has 0 aromatic heterocycles. The van der Waals surface area contributed by atoms with E-state index < -0.39 is 22.9 Å². The first-order chi connectivity index (χ1) is 19.0. The Bertz CT molecular complexity index is 1140. The van der Waals surface area contributed by atoms with Crippen LogP contribution in [0.15, 0.2) is 103 Å². The fourth-order valence-electron chi connectivity index (χ4n) is 4.26. The summed E-state index contributed by atoms with van der Waals surface area (Å²) in [5, 5.41) is 2.90. The van der Waals surface area contributed by atoms with Gasteiger partial charge in [0.05, 0.1) is 5.91 Å². The van der Waals surface area contributed by atoms with Crippen molar-refractivity contribution in [3.63, 3.8) is 0 Å². The van der Waals surface area contributed by atoms with Crippen molar-refractivity contribution in [1.82, 2.24) is 0 Å². The van der Waals surface area contributed by atoms with Gasteiger partial charge in [-0.1, -0.05) is 133 Å². The van der Waals surface area contributed by atoms with Gasteiger partial charge >= 0.3 is 35.6 Å². The van der Waals surface area contributed by atoms with Gasteiger partial charge < -0.3 is 10.5 Å². The van der Waals surface area contributed by atoms with Crippen molar-refractivity contribution >= 4 is 44.4 Å². The van der Waals surface area contributed by atoms with Gasteiger partial charge in [-0.15, -0.1) is 5.56 Å². The molecule has 1 aliphatic carbocycles. The summed E-state index contributed by atoms with van der Waals surface area (Å²) in [6.07, 6.45) is 4.96. The zero-order valence-corrected chi connectivity index (χ0v) is 26.9. The molecule has 1 N–H and O–H groups in total. The quantitative estimate of drug-likeness (QED) is 0.135. The average molecular weight is 610 g/mol. The number of carbonyl (C=O) groups excluding carboxylic acids is 1. The maximum Gasteiger partial charge on any atom is 0.103 e. The molecule has 203 valence electrons. The largest absolute Gasteiger partial charge is 0.179 e. The molecule has 39 heavy (non-hydrogen) atoms. The minimum absolute atomic E-state index is 0.0000463. The Morgan fingerprint density at radius 1 is 0.872 bits per heavy atom. The molecule has 6 heteroatoms. The number of halogens is 2. The van der Waals surface area contributed by atoms with Crippen LogP contribution >= 0.6 is 18.6 Å². The Morgan fingerprint density at radius 2 is 1.41 bits per heavy atom. The monoisotopic (exact) mass is 608 g/mol. The zero-order valence-electron chi connectivity index (χ0n) is 22.7. The van der Waals surface area contributed by atoms with Crippen molar-refractivity contribution in [2.24, 2.45) is 5.92 Å². The summed E-state index contributed by atoms with van der Waals surface area (Å²) in [7, 11) is 10.0. The molecule has 1 unspecified atom stereocenters. The van der Waals surface area contributed by atoms with Gasteiger partial charge in [0.15, 0.2) is 0 Å². The number of hydrogen-bond donors (Lipinski definition) is 0. The number of unbranched alkanes of at least 4 members (excludes halogenated alkanes) is 1. The van der Waals surface area contributed by atoms with Gasteiger partial charge in [-0.3, -0.25) is 0 Å². The molecule has 1 amide bonds. The predicted octanol–water partition coefficient (Wildman–Crippen LogP) is 8.29. The molecule has 4 aromatic rings. The molecule has 1 radical (unpaired) electrons. The molecule has 2 nitrogen and oxygen atoms in total. The molecule has 0 saturated carbocycles. The van der Waals surface area contributed by atoms with Crippen LogP contribution in [-0.4, -0.2) is 15.4 Å². The summed E-state index contributed by atoms with van der Waals surface area (Å²) < 4.78 is 0. The number of hydrogen-bond acceptors (Lipinski definition) is 1. The Balaban J connectivity index is 0.000000198. The number of amides is 1. The third-order valence-corrected chi connectivity index (χ3v) is 7.76. The first-order valence-corrected chi connectivity index (χ1v) is 18.7. The first kappa shape index (κ1) is 33.1. The Kier molecular flexibility index (Phi) is 16.8. The van der Waals surface area contributed by atoms with Crippen molar-refractivity contribution in [3.05, 3.63) is 126 Å².